The second-order valence-corrected chi connectivity index (χ2v) is 7.61. The first-order chi connectivity index (χ1) is 14.5. The molecule has 0 bridgehead atoms. The van der Waals surface area contributed by atoms with Crippen molar-refractivity contribution in [2.24, 2.45) is 0 Å². The number of para-hydroxylation sites is 1. The molecule has 3 aromatic rings. The lowest BCUT2D eigenvalue weighted by Gasteiger charge is -2.25. The lowest BCUT2D eigenvalue weighted by atomic mass is 10.1. The molecule has 0 aliphatic carbocycles. The van der Waals surface area contributed by atoms with Crippen LogP contribution in [0.5, 0.6) is 0 Å². The molecule has 0 saturated carbocycles. The summed E-state index contributed by atoms with van der Waals surface area (Å²) in [4.78, 5) is 28.0. The van der Waals surface area contributed by atoms with Gasteiger partial charge in [0.05, 0.1) is 0 Å². The van der Waals surface area contributed by atoms with Crippen molar-refractivity contribution in [1.82, 2.24) is 5.32 Å². The van der Waals surface area contributed by atoms with E-state index in [1.807, 2.05) is 86.6 Å². The van der Waals surface area contributed by atoms with Gasteiger partial charge in [0.1, 0.15) is 6.04 Å². The Hall–Kier alpha value is -3.60. The highest BCUT2D eigenvalue weighted by Gasteiger charge is 2.32. The molecule has 1 aliphatic rings. The molecule has 2 N–H and O–H groups in total. The van der Waals surface area contributed by atoms with Crippen LogP contribution in [0.15, 0.2) is 72.8 Å². The predicted molar refractivity (Wildman–Crippen MR) is 120 cm³/mol. The van der Waals surface area contributed by atoms with Crippen molar-refractivity contribution in [2.75, 3.05) is 16.8 Å². The number of nitrogens with one attached hydrogen (secondary N) is 2. The normalized spacial score (nSPS) is 13.5. The molecule has 5 heteroatoms. The van der Waals surface area contributed by atoms with Gasteiger partial charge < -0.3 is 15.5 Å². The number of carbonyl (C=O) groups excluding carboxylic acids is 2. The fourth-order valence-electron chi connectivity index (χ4n) is 3.77. The number of anilines is 2. The predicted octanol–water partition coefficient (Wildman–Crippen LogP) is 4.76. The molecular formula is C25H25N3O2. The first kappa shape index (κ1) is 19.7. The summed E-state index contributed by atoms with van der Waals surface area (Å²) in [6.45, 7) is 4.64. The first-order valence-corrected chi connectivity index (χ1v) is 10.1. The zero-order valence-electron chi connectivity index (χ0n) is 17.2. The molecule has 1 aliphatic heterocycles. The van der Waals surface area contributed by atoms with Gasteiger partial charge in [0.15, 0.2) is 0 Å². The van der Waals surface area contributed by atoms with Crippen LogP contribution in [0, 0.1) is 13.8 Å². The maximum atomic E-state index is 13.5. The van der Waals surface area contributed by atoms with Crippen LogP contribution < -0.4 is 15.5 Å². The highest BCUT2D eigenvalue weighted by Crippen LogP contribution is 2.30. The van der Waals surface area contributed by atoms with Gasteiger partial charge in [-0.15, -0.1) is 0 Å². The number of hydrogen-bond donors (Lipinski definition) is 2. The van der Waals surface area contributed by atoms with E-state index >= 15 is 0 Å². The summed E-state index contributed by atoms with van der Waals surface area (Å²) < 4.78 is 0. The fraction of sp³-hybridized carbons (Fsp3) is 0.200. The standard InChI is InChI=1S/C25H25N3O2/c1-17-12-13-21(16-18(17)2)26-25(30)27-23(20-9-4-3-5-10-20)24(29)28-15-14-19-8-6-7-11-22(19)28/h3-13,16,23H,14-15H2,1-2H3,(H2,26,27,30)/t23-/m1/s1. The molecule has 4 rings (SSSR count). The van der Waals surface area contributed by atoms with Gasteiger partial charge in [0, 0.05) is 17.9 Å². The van der Waals surface area contributed by atoms with Gasteiger partial charge in [-0.25, -0.2) is 4.79 Å². The highest BCUT2D eigenvalue weighted by molar-refractivity contribution is 6.02. The van der Waals surface area contributed by atoms with Gasteiger partial charge in [-0.3, -0.25) is 4.79 Å². The van der Waals surface area contributed by atoms with E-state index in [0.29, 0.717) is 12.2 Å². The number of aryl methyl sites for hydroxylation is 2. The Morgan fingerprint density at radius 1 is 0.900 bits per heavy atom. The Labute approximate surface area is 176 Å². The van der Waals surface area contributed by atoms with E-state index in [4.69, 9.17) is 0 Å². The average Bonchev–Trinajstić information content (AvgIpc) is 3.19. The Morgan fingerprint density at radius 3 is 2.40 bits per heavy atom. The number of benzene rings is 3. The van der Waals surface area contributed by atoms with E-state index in [2.05, 4.69) is 10.6 Å². The summed E-state index contributed by atoms with van der Waals surface area (Å²) in [5, 5.41) is 5.74. The molecule has 5 nitrogen and oxygen atoms in total. The van der Waals surface area contributed by atoms with Crippen LogP contribution in [0.2, 0.25) is 0 Å². The molecular weight excluding hydrogens is 374 g/mol. The third kappa shape index (κ3) is 4.06. The molecule has 0 fully saturated rings. The molecule has 152 valence electrons. The molecule has 1 heterocycles. The minimum absolute atomic E-state index is 0.138. The van der Waals surface area contributed by atoms with E-state index in [9.17, 15) is 9.59 Å². The van der Waals surface area contributed by atoms with Gasteiger partial charge in [-0.2, -0.15) is 0 Å². The van der Waals surface area contributed by atoms with Crippen molar-refractivity contribution in [1.29, 1.82) is 0 Å². The van der Waals surface area contributed by atoms with E-state index in [-0.39, 0.29) is 5.91 Å². The summed E-state index contributed by atoms with van der Waals surface area (Å²) in [6.07, 6.45) is 0.818. The number of urea groups is 1. The van der Waals surface area contributed by atoms with E-state index < -0.39 is 12.1 Å². The van der Waals surface area contributed by atoms with Crippen LogP contribution in [0.25, 0.3) is 0 Å². The van der Waals surface area contributed by atoms with Gasteiger partial charge in [-0.05, 0) is 60.7 Å². The van der Waals surface area contributed by atoms with Crippen molar-refractivity contribution >= 4 is 23.3 Å². The van der Waals surface area contributed by atoms with Crippen LogP contribution in [0.4, 0.5) is 16.2 Å². The molecule has 0 spiro atoms. The maximum absolute atomic E-state index is 13.5. The number of nitrogens with zero attached hydrogens (tertiary/aromatic N) is 1. The summed E-state index contributed by atoms with van der Waals surface area (Å²) in [7, 11) is 0. The first-order valence-electron chi connectivity index (χ1n) is 10.1. The Morgan fingerprint density at radius 2 is 1.63 bits per heavy atom. The van der Waals surface area contributed by atoms with Crippen LogP contribution in [-0.2, 0) is 11.2 Å². The van der Waals surface area contributed by atoms with E-state index in [1.165, 1.54) is 0 Å². The van der Waals surface area contributed by atoms with Crippen LogP contribution in [0.1, 0.15) is 28.3 Å². The molecule has 30 heavy (non-hydrogen) atoms. The Balaban J connectivity index is 1.57. The van der Waals surface area contributed by atoms with Crippen LogP contribution >= 0.6 is 0 Å². The van der Waals surface area contributed by atoms with Crippen LogP contribution in [-0.4, -0.2) is 18.5 Å². The van der Waals surface area contributed by atoms with E-state index in [1.54, 1.807) is 4.90 Å². The largest absolute Gasteiger partial charge is 0.322 e. The second kappa shape index (κ2) is 8.41. The lowest BCUT2D eigenvalue weighted by Crippen LogP contribution is -2.43. The minimum Gasteiger partial charge on any atom is -0.322 e. The fourth-order valence-corrected chi connectivity index (χ4v) is 3.77. The number of amides is 3. The third-order valence-corrected chi connectivity index (χ3v) is 5.57. The molecule has 0 radical (unpaired) electrons. The number of rotatable bonds is 4. The van der Waals surface area contributed by atoms with Crippen molar-refractivity contribution in [3.63, 3.8) is 0 Å². The minimum atomic E-state index is -0.774. The molecule has 0 saturated heterocycles. The summed E-state index contributed by atoms with van der Waals surface area (Å²) >= 11 is 0. The highest BCUT2D eigenvalue weighted by atomic mass is 16.2. The molecule has 1 atom stereocenters. The summed E-state index contributed by atoms with van der Waals surface area (Å²) in [5.74, 6) is -0.138. The number of carbonyl (C=O) groups is 2. The zero-order chi connectivity index (χ0) is 21.1. The smallest absolute Gasteiger partial charge is 0.320 e. The van der Waals surface area contributed by atoms with Gasteiger partial charge in [0.25, 0.3) is 5.91 Å². The third-order valence-electron chi connectivity index (χ3n) is 5.57. The Kier molecular flexibility index (Phi) is 5.53. The average molecular weight is 399 g/mol. The molecule has 3 aromatic carbocycles. The quantitative estimate of drug-likeness (QED) is 0.665. The maximum Gasteiger partial charge on any atom is 0.320 e. The lowest BCUT2D eigenvalue weighted by molar-refractivity contribution is -0.120. The van der Waals surface area contributed by atoms with Crippen LogP contribution in [0.3, 0.4) is 0 Å². The SMILES string of the molecule is Cc1ccc(NC(=O)N[C@@H](C(=O)N2CCc3ccccc32)c2ccccc2)cc1C. The molecule has 0 aromatic heterocycles. The zero-order valence-corrected chi connectivity index (χ0v) is 17.2. The topological polar surface area (TPSA) is 61.4 Å². The van der Waals surface area contributed by atoms with Gasteiger partial charge in [0.2, 0.25) is 0 Å². The molecule has 3 amide bonds. The second-order valence-electron chi connectivity index (χ2n) is 7.61. The van der Waals surface area contributed by atoms with Gasteiger partial charge >= 0.3 is 6.03 Å². The number of hydrogen-bond acceptors (Lipinski definition) is 2. The van der Waals surface area contributed by atoms with Crippen molar-refractivity contribution in [3.8, 4) is 0 Å². The number of fused-ring (bicyclic) bond motifs is 1. The van der Waals surface area contributed by atoms with Crippen molar-refractivity contribution in [3.05, 3.63) is 95.1 Å². The Bertz CT molecular complexity index is 1080. The summed E-state index contributed by atoms with van der Waals surface area (Å²) in [6, 6.07) is 21.8. The monoisotopic (exact) mass is 399 g/mol. The summed E-state index contributed by atoms with van der Waals surface area (Å²) in [5.41, 5.74) is 5.77. The van der Waals surface area contributed by atoms with Crippen molar-refractivity contribution in [2.45, 2.75) is 26.3 Å². The molecule has 0 unspecified atom stereocenters. The van der Waals surface area contributed by atoms with E-state index in [0.717, 1.165) is 34.4 Å². The van der Waals surface area contributed by atoms with Gasteiger partial charge in [-0.1, -0.05) is 54.6 Å². The van der Waals surface area contributed by atoms with Crippen molar-refractivity contribution < 1.29 is 9.59 Å².